The van der Waals surface area contributed by atoms with Gasteiger partial charge in [0.2, 0.25) is 5.88 Å². The molecule has 1 heterocycles. The van der Waals surface area contributed by atoms with Gasteiger partial charge in [-0.2, -0.15) is 0 Å². The molecule has 0 bridgehead atoms. The Kier molecular flexibility index (Phi) is 19.4. The van der Waals surface area contributed by atoms with Gasteiger partial charge in [0.25, 0.3) is 0 Å². The largest absolute Gasteiger partial charge is 0.494 e. The maximum absolute atomic E-state index is 14.7. The molecular weight excluding hydrogens is 632 g/mol. The fraction of sp³-hybridized carbons (Fsp3) is 0.756. The molecule has 0 N–H and O–H groups in total. The van der Waals surface area contributed by atoms with Crippen molar-refractivity contribution in [1.29, 1.82) is 0 Å². The molecule has 50 heavy (non-hydrogen) atoms. The second-order valence-corrected chi connectivity index (χ2v) is 14.0. The molecule has 3 rings (SSSR count). The third kappa shape index (κ3) is 12.3. The van der Waals surface area contributed by atoms with Crippen LogP contribution in [0, 0.1) is 12.8 Å². The molecule has 1 aliphatic carbocycles. The summed E-state index contributed by atoms with van der Waals surface area (Å²) in [5, 5.41) is 4.98. The molecule has 1 saturated carbocycles. The lowest BCUT2D eigenvalue weighted by Gasteiger charge is -2.44. The number of Topliss-reactive ketones (excluding diaryl/α,β-unsaturated/α-hetero) is 1. The summed E-state index contributed by atoms with van der Waals surface area (Å²) in [5.74, 6) is 0.704. The summed E-state index contributed by atoms with van der Waals surface area (Å²) in [6.07, 6.45) is 7.77. The molecule has 1 aromatic carbocycles. The zero-order valence-corrected chi connectivity index (χ0v) is 32.5. The van der Waals surface area contributed by atoms with Crippen LogP contribution in [0.4, 0.5) is 0 Å². The number of ether oxygens (including phenoxy) is 6. The summed E-state index contributed by atoms with van der Waals surface area (Å²) in [4.78, 5) is 14.7. The number of rotatable bonds is 26. The zero-order chi connectivity index (χ0) is 36.3. The number of hydrogen-bond donors (Lipinski definition) is 0. The molecule has 1 aliphatic rings. The molecule has 0 spiro atoms. The standard InChI is InChI=1S/C41H68N2O7/c1-9-14-23-45-29-35-36(44)38(40(49-27-18-13-5)39(48-26-17-12-4)37(35)47-25-16-11-3)50-41-34(31(8)43(42-41)30(6)7)28-32-19-21-33(22-20-32)46-24-15-10-2/h19-22,30,35,37-40H,9-18,23-29H2,1-8H3/t35-,37+,38+,39-,40-/m0/s1. The summed E-state index contributed by atoms with van der Waals surface area (Å²) in [5.41, 5.74) is 3.09. The van der Waals surface area contributed by atoms with Crippen molar-refractivity contribution >= 4 is 5.78 Å². The van der Waals surface area contributed by atoms with E-state index in [1.54, 1.807) is 0 Å². The third-order valence-corrected chi connectivity index (χ3v) is 9.39. The highest BCUT2D eigenvalue weighted by molar-refractivity contribution is 5.88. The van der Waals surface area contributed by atoms with Gasteiger partial charge in [-0.1, -0.05) is 78.9 Å². The molecule has 9 nitrogen and oxygen atoms in total. The number of carbonyl (C=O) groups excluding carboxylic acids is 1. The van der Waals surface area contributed by atoms with Gasteiger partial charge in [0.1, 0.15) is 18.0 Å². The zero-order valence-electron chi connectivity index (χ0n) is 32.5. The van der Waals surface area contributed by atoms with Crippen molar-refractivity contribution in [3.63, 3.8) is 0 Å². The molecule has 0 unspecified atom stereocenters. The molecule has 0 amide bonds. The second-order valence-electron chi connectivity index (χ2n) is 14.0. The second kappa shape index (κ2) is 23.2. The van der Waals surface area contributed by atoms with E-state index in [2.05, 4.69) is 67.5 Å². The molecule has 0 saturated heterocycles. The van der Waals surface area contributed by atoms with E-state index in [1.165, 1.54) is 0 Å². The molecule has 1 fully saturated rings. The summed E-state index contributed by atoms with van der Waals surface area (Å²) < 4.78 is 40.7. The van der Waals surface area contributed by atoms with Gasteiger partial charge in [-0.15, -0.1) is 5.10 Å². The first-order valence-corrected chi connectivity index (χ1v) is 19.7. The summed E-state index contributed by atoms with van der Waals surface area (Å²) in [6.45, 7) is 20.2. The molecule has 1 aromatic heterocycles. The number of nitrogens with zero attached hydrogens (tertiary/aromatic N) is 2. The van der Waals surface area contributed by atoms with E-state index in [-0.39, 0.29) is 18.4 Å². The van der Waals surface area contributed by atoms with Crippen LogP contribution in [0.15, 0.2) is 24.3 Å². The first-order valence-electron chi connectivity index (χ1n) is 19.7. The minimum Gasteiger partial charge on any atom is -0.494 e. The summed E-state index contributed by atoms with van der Waals surface area (Å²) in [7, 11) is 0. The van der Waals surface area contributed by atoms with E-state index < -0.39 is 30.3 Å². The fourth-order valence-electron chi connectivity index (χ4n) is 6.25. The highest BCUT2D eigenvalue weighted by Crippen LogP contribution is 2.35. The number of hydrogen-bond acceptors (Lipinski definition) is 8. The van der Waals surface area contributed by atoms with Gasteiger partial charge in [-0.3, -0.25) is 9.48 Å². The van der Waals surface area contributed by atoms with Crippen molar-refractivity contribution in [3.05, 3.63) is 41.1 Å². The first-order chi connectivity index (χ1) is 24.3. The molecule has 0 radical (unpaired) electrons. The minimum atomic E-state index is -0.924. The Morgan fingerprint density at radius 3 is 1.84 bits per heavy atom. The Hall–Kier alpha value is -2.46. The van der Waals surface area contributed by atoms with E-state index in [4.69, 9.17) is 33.5 Å². The average Bonchev–Trinajstić information content (AvgIpc) is 3.41. The van der Waals surface area contributed by atoms with Crippen LogP contribution in [-0.2, 0) is 30.2 Å². The van der Waals surface area contributed by atoms with Crippen LogP contribution in [-0.4, -0.2) is 79.6 Å². The van der Waals surface area contributed by atoms with E-state index in [0.29, 0.717) is 45.3 Å². The van der Waals surface area contributed by atoms with Gasteiger partial charge in [-0.25, -0.2) is 0 Å². The minimum absolute atomic E-state index is 0.0730. The Bertz CT molecular complexity index is 1210. The van der Waals surface area contributed by atoms with Gasteiger partial charge in [0, 0.05) is 50.1 Å². The fourth-order valence-corrected chi connectivity index (χ4v) is 6.25. The molecule has 284 valence electrons. The molecule has 5 atom stereocenters. The summed E-state index contributed by atoms with van der Waals surface area (Å²) in [6, 6.07) is 8.35. The van der Waals surface area contributed by atoms with Crippen molar-refractivity contribution in [1.82, 2.24) is 9.78 Å². The van der Waals surface area contributed by atoms with Crippen LogP contribution in [0.2, 0.25) is 0 Å². The third-order valence-electron chi connectivity index (χ3n) is 9.39. The lowest BCUT2D eigenvalue weighted by Crippen LogP contribution is -2.64. The lowest BCUT2D eigenvalue weighted by atomic mass is 9.79. The molecule has 9 heteroatoms. The van der Waals surface area contributed by atoms with Crippen LogP contribution < -0.4 is 9.47 Å². The Labute approximate surface area is 303 Å². The van der Waals surface area contributed by atoms with Crippen molar-refractivity contribution < 1.29 is 33.2 Å². The number of carbonyl (C=O) groups is 1. The molecule has 2 aromatic rings. The van der Waals surface area contributed by atoms with E-state index in [1.807, 2.05) is 16.8 Å². The number of ketones is 1. The first kappa shape index (κ1) is 42.0. The van der Waals surface area contributed by atoms with Gasteiger partial charge < -0.3 is 28.4 Å². The normalized spacial score (nSPS) is 20.9. The van der Waals surface area contributed by atoms with Crippen molar-refractivity contribution in [2.75, 3.05) is 39.6 Å². The Morgan fingerprint density at radius 1 is 0.720 bits per heavy atom. The highest BCUT2D eigenvalue weighted by Gasteiger charge is 2.54. The quantitative estimate of drug-likeness (QED) is 0.0900. The molecule has 0 aliphatic heterocycles. The lowest BCUT2D eigenvalue weighted by molar-refractivity contribution is -0.209. The van der Waals surface area contributed by atoms with E-state index in [9.17, 15) is 4.79 Å². The van der Waals surface area contributed by atoms with Gasteiger partial charge in [-0.05, 0) is 70.6 Å². The van der Waals surface area contributed by atoms with Crippen molar-refractivity contribution in [2.45, 2.75) is 156 Å². The Morgan fingerprint density at radius 2 is 1.26 bits per heavy atom. The van der Waals surface area contributed by atoms with Crippen LogP contribution in [0.3, 0.4) is 0 Å². The van der Waals surface area contributed by atoms with Gasteiger partial charge in [0.05, 0.1) is 25.2 Å². The van der Waals surface area contributed by atoms with E-state index >= 15 is 0 Å². The smallest absolute Gasteiger partial charge is 0.237 e. The van der Waals surface area contributed by atoms with Crippen LogP contribution in [0.25, 0.3) is 0 Å². The maximum atomic E-state index is 14.7. The number of aromatic nitrogens is 2. The predicted octanol–water partition coefficient (Wildman–Crippen LogP) is 8.86. The van der Waals surface area contributed by atoms with Crippen molar-refractivity contribution in [2.24, 2.45) is 5.92 Å². The molecular formula is C41H68N2O7. The van der Waals surface area contributed by atoms with Crippen LogP contribution in [0.1, 0.15) is 136 Å². The van der Waals surface area contributed by atoms with Crippen LogP contribution in [0.5, 0.6) is 11.6 Å². The predicted molar refractivity (Wildman–Crippen MR) is 200 cm³/mol. The van der Waals surface area contributed by atoms with E-state index in [0.717, 1.165) is 86.8 Å². The summed E-state index contributed by atoms with van der Waals surface area (Å²) >= 11 is 0. The van der Waals surface area contributed by atoms with Crippen molar-refractivity contribution in [3.8, 4) is 11.6 Å². The average molecular weight is 701 g/mol. The van der Waals surface area contributed by atoms with Crippen LogP contribution >= 0.6 is 0 Å². The Balaban J connectivity index is 2.04. The maximum Gasteiger partial charge on any atom is 0.237 e. The van der Waals surface area contributed by atoms with Gasteiger partial charge in [0.15, 0.2) is 11.9 Å². The van der Waals surface area contributed by atoms with Gasteiger partial charge >= 0.3 is 0 Å². The SMILES string of the molecule is CCCCOC[C@H]1C(=O)[C@@H](Oc2nn(C(C)C)c(C)c2Cc2ccc(OCCCC)cc2)[C@H](OCCCC)[C@@H](OCCCC)[C@@H]1OCCCC. The topological polar surface area (TPSA) is 90.3 Å². The highest BCUT2D eigenvalue weighted by atomic mass is 16.6. The number of unbranched alkanes of at least 4 members (excludes halogenated alkanes) is 5. The monoisotopic (exact) mass is 701 g/mol. The number of benzene rings is 1.